The van der Waals surface area contributed by atoms with E-state index < -0.39 is 10.5 Å². The molecule has 2 heterocycles. The van der Waals surface area contributed by atoms with E-state index in [0.717, 1.165) is 0 Å². The Kier molecular flexibility index (Phi) is 3.30. The van der Waals surface area contributed by atoms with Crippen LogP contribution in [0.4, 0.5) is 5.69 Å². The van der Waals surface area contributed by atoms with Crippen LogP contribution in [-0.2, 0) is 0 Å². The van der Waals surface area contributed by atoms with Crippen molar-refractivity contribution in [1.82, 2.24) is 4.98 Å². The van der Waals surface area contributed by atoms with Crippen molar-refractivity contribution in [2.45, 2.75) is 19.4 Å². The van der Waals surface area contributed by atoms with Gasteiger partial charge in [0, 0.05) is 17.7 Å². The molecule has 7 nitrogen and oxygen atoms in total. The fourth-order valence-corrected chi connectivity index (χ4v) is 3.29. The molecule has 3 aromatic rings. The van der Waals surface area contributed by atoms with Crippen molar-refractivity contribution in [2.75, 3.05) is 7.11 Å². The van der Waals surface area contributed by atoms with Crippen molar-refractivity contribution in [2.24, 2.45) is 0 Å². The molecule has 1 aliphatic rings. The van der Waals surface area contributed by atoms with Crippen LogP contribution in [0.2, 0.25) is 0 Å². The van der Waals surface area contributed by atoms with Crippen LogP contribution in [0.1, 0.15) is 19.4 Å². The highest BCUT2D eigenvalue weighted by molar-refractivity contribution is 6.03. The van der Waals surface area contributed by atoms with Crippen LogP contribution in [0.25, 0.3) is 27.9 Å². The molecule has 0 aliphatic carbocycles. The van der Waals surface area contributed by atoms with E-state index in [4.69, 9.17) is 9.47 Å². The molecule has 0 atom stereocenters. The molecule has 26 heavy (non-hydrogen) atoms. The molecule has 0 radical (unpaired) electrons. The van der Waals surface area contributed by atoms with E-state index in [9.17, 15) is 14.9 Å². The summed E-state index contributed by atoms with van der Waals surface area (Å²) in [6.07, 6.45) is 3.74. The number of methoxy groups -OCH3 is 1. The Morgan fingerprint density at radius 2 is 2.04 bits per heavy atom. The smallest absolute Gasteiger partial charge is 0.293 e. The van der Waals surface area contributed by atoms with Crippen molar-refractivity contribution in [3.8, 4) is 11.5 Å². The normalized spacial score (nSPS) is 14.9. The highest BCUT2D eigenvalue weighted by Crippen LogP contribution is 2.40. The summed E-state index contributed by atoms with van der Waals surface area (Å²) < 4.78 is 11.4. The number of nitrogens with one attached hydrogen (secondary N) is 1. The number of ether oxygens (including phenoxy) is 2. The van der Waals surface area contributed by atoms with Gasteiger partial charge in [0.2, 0.25) is 5.43 Å². The average molecular weight is 352 g/mol. The molecule has 0 fully saturated rings. The van der Waals surface area contributed by atoms with Gasteiger partial charge in [0.25, 0.3) is 5.69 Å². The number of fused-ring (bicyclic) bond motifs is 4. The largest absolute Gasteiger partial charge is 0.496 e. The third-order valence-corrected chi connectivity index (χ3v) is 4.50. The number of rotatable bonds is 2. The summed E-state index contributed by atoms with van der Waals surface area (Å²) in [5.41, 5.74) is 0.322. The molecule has 1 aliphatic heterocycles. The quantitative estimate of drug-likeness (QED) is 0.430. The van der Waals surface area contributed by atoms with Gasteiger partial charge in [0.15, 0.2) is 0 Å². The minimum Gasteiger partial charge on any atom is -0.496 e. The number of aromatic nitrogens is 1. The maximum Gasteiger partial charge on any atom is 0.293 e. The molecule has 1 N–H and O–H groups in total. The predicted octanol–water partition coefficient (Wildman–Crippen LogP) is 3.78. The fourth-order valence-electron chi connectivity index (χ4n) is 3.29. The second-order valence-corrected chi connectivity index (χ2v) is 6.69. The summed E-state index contributed by atoms with van der Waals surface area (Å²) >= 11 is 0. The van der Waals surface area contributed by atoms with Gasteiger partial charge >= 0.3 is 0 Å². The lowest BCUT2D eigenvalue weighted by Gasteiger charge is -2.28. The van der Waals surface area contributed by atoms with E-state index in [0.29, 0.717) is 28.0 Å². The van der Waals surface area contributed by atoms with Gasteiger partial charge in [-0.2, -0.15) is 0 Å². The Morgan fingerprint density at radius 1 is 1.27 bits per heavy atom. The van der Waals surface area contributed by atoms with Crippen molar-refractivity contribution < 1.29 is 14.4 Å². The number of H-pyrrole nitrogens is 1. The number of hydrogen-bond acceptors (Lipinski definition) is 5. The molecule has 0 saturated heterocycles. The molecule has 0 unspecified atom stereocenters. The number of aromatic amines is 1. The van der Waals surface area contributed by atoms with E-state index in [2.05, 4.69) is 4.98 Å². The number of nitro benzene ring substituents is 1. The number of non-ortho nitro benzene ring substituents is 1. The lowest BCUT2D eigenvalue weighted by molar-refractivity contribution is -0.383. The third kappa shape index (κ3) is 2.24. The summed E-state index contributed by atoms with van der Waals surface area (Å²) in [6, 6.07) is 6.11. The van der Waals surface area contributed by atoms with Crippen LogP contribution in [0.3, 0.4) is 0 Å². The number of benzene rings is 2. The fraction of sp³-hybridized carbons (Fsp3) is 0.211. The van der Waals surface area contributed by atoms with E-state index in [1.165, 1.54) is 19.2 Å². The van der Waals surface area contributed by atoms with Crippen molar-refractivity contribution in [3.05, 3.63) is 56.2 Å². The second-order valence-electron chi connectivity index (χ2n) is 6.69. The Bertz CT molecular complexity index is 1170. The molecular formula is C19H16N2O5. The number of pyridine rings is 1. The summed E-state index contributed by atoms with van der Waals surface area (Å²) in [7, 11) is 1.47. The average Bonchev–Trinajstić information content (AvgIpc) is 2.59. The molecular weight excluding hydrogens is 336 g/mol. The first-order valence-electron chi connectivity index (χ1n) is 8.05. The summed E-state index contributed by atoms with van der Waals surface area (Å²) in [5, 5.41) is 12.0. The van der Waals surface area contributed by atoms with E-state index in [1.54, 1.807) is 12.1 Å². The van der Waals surface area contributed by atoms with Gasteiger partial charge in [-0.1, -0.05) is 6.07 Å². The second kappa shape index (κ2) is 5.32. The molecule has 0 spiro atoms. The first-order chi connectivity index (χ1) is 12.3. The Balaban J connectivity index is 2.22. The van der Waals surface area contributed by atoms with Gasteiger partial charge in [-0.3, -0.25) is 14.9 Å². The van der Waals surface area contributed by atoms with Crippen LogP contribution < -0.4 is 14.9 Å². The minimum atomic E-state index is -0.508. The first-order valence-corrected chi connectivity index (χ1v) is 8.05. The van der Waals surface area contributed by atoms with Crippen molar-refractivity contribution >= 4 is 33.6 Å². The molecule has 0 saturated carbocycles. The Hall–Kier alpha value is -3.35. The maximum atomic E-state index is 13.1. The van der Waals surface area contributed by atoms with E-state index in [-0.39, 0.29) is 22.0 Å². The molecule has 2 aromatic carbocycles. The zero-order chi connectivity index (χ0) is 18.6. The van der Waals surface area contributed by atoms with Crippen LogP contribution >= 0.6 is 0 Å². The molecule has 7 heteroatoms. The number of nitrogens with zero attached hydrogens (tertiary/aromatic N) is 1. The third-order valence-electron chi connectivity index (χ3n) is 4.50. The SMILES string of the molecule is COc1cc2c(c3[nH]c4c([N+](=O)[O-])cccc4c(=O)c13)C=CC(C)(C)O2. The number of nitro groups is 1. The standard InChI is InChI=1S/C19H16N2O5/c1-19(2)8-7-10-13(26-19)9-14(25-3)15-17(10)20-16-11(18(15)22)5-4-6-12(16)21(23)24/h4-9H,1-3H3,(H,20,22). The first kappa shape index (κ1) is 16.1. The van der Waals surface area contributed by atoms with Gasteiger partial charge in [-0.15, -0.1) is 0 Å². The van der Waals surface area contributed by atoms with Crippen molar-refractivity contribution in [1.29, 1.82) is 0 Å². The molecule has 1 aromatic heterocycles. The minimum absolute atomic E-state index is 0.154. The topological polar surface area (TPSA) is 94.5 Å². The lowest BCUT2D eigenvalue weighted by Crippen LogP contribution is -2.27. The summed E-state index contributed by atoms with van der Waals surface area (Å²) in [6.45, 7) is 3.83. The lowest BCUT2D eigenvalue weighted by atomic mass is 9.98. The van der Waals surface area contributed by atoms with E-state index in [1.807, 2.05) is 26.0 Å². The molecule has 132 valence electrons. The van der Waals surface area contributed by atoms with Crippen molar-refractivity contribution in [3.63, 3.8) is 0 Å². The zero-order valence-electron chi connectivity index (χ0n) is 14.5. The number of hydrogen-bond donors (Lipinski definition) is 1. The van der Waals surface area contributed by atoms with Gasteiger partial charge in [0.05, 0.1) is 28.3 Å². The summed E-state index contributed by atoms with van der Waals surface area (Å²) in [4.78, 5) is 27.0. The maximum absolute atomic E-state index is 13.1. The Labute approximate surface area is 148 Å². The zero-order valence-corrected chi connectivity index (χ0v) is 14.5. The van der Waals surface area contributed by atoms with Gasteiger partial charge in [0.1, 0.15) is 22.6 Å². The summed E-state index contributed by atoms with van der Waals surface area (Å²) in [5.74, 6) is 0.912. The van der Waals surface area contributed by atoms with Crippen LogP contribution in [-0.4, -0.2) is 22.6 Å². The van der Waals surface area contributed by atoms with E-state index >= 15 is 0 Å². The van der Waals surface area contributed by atoms with Crippen LogP contribution in [0.15, 0.2) is 35.1 Å². The molecule has 4 rings (SSSR count). The monoisotopic (exact) mass is 352 g/mol. The number of para-hydroxylation sites is 1. The predicted molar refractivity (Wildman–Crippen MR) is 99.0 cm³/mol. The van der Waals surface area contributed by atoms with Gasteiger partial charge < -0.3 is 14.5 Å². The Morgan fingerprint density at radius 3 is 2.73 bits per heavy atom. The highest BCUT2D eigenvalue weighted by atomic mass is 16.6. The van der Waals surface area contributed by atoms with Gasteiger partial charge in [-0.25, -0.2) is 0 Å². The molecule has 0 bridgehead atoms. The van der Waals surface area contributed by atoms with Gasteiger partial charge in [-0.05, 0) is 32.1 Å². The van der Waals surface area contributed by atoms with Crippen LogP contribution in [0, 0.1) is 10.1 Å². The van der Waals surface area contributed by atoms with Crippen LogP contribution in [0.5, 0.6) is 11.5 Å². The highest BCUT2D eigenvalue weighted by Gasteiger charge is 2.27. The molecule has 0 amide bonds.